The summed E-state index contributed by atoms with van der Waals surface area (Å²) >= 11 is 0. The molecular weight excluding hydrogens is 360 g/mol. The molecule has 0 aliphatic carbocycles. The Morgan fingerprint density at radius 2 is 1.86 bits per heavy atom. The number of methoxy groups -OCH3 is 1. The SMILES string of the molecule is COc1cccc(NC(=O)OCC2CC3CCC(C2)N3C(=O)OC(C)(C)C)c1. The molecule has 2 atom stereocenters. The quantitative estimate of drug-likeness (QED) is 0.823. The molecule has 28 heavy (non-hydrogen) atoms. The van der Waals surface area contributed by atoms with Crippen molar-refractivity contribution >= 4 is 17.9 Å². The molecule has 154 valence electrons. The van der Waals surface area contributed by atoms with Crippen LogP contribution in [0.5, 0.6) is 5.75 Å². The Bertz CT molecular complexity index is 701. The van der Waals surface area contributed by atoms with Gasteiger partial charge in [0.1, 0.15) is 11.4 Å². The van der Waals surface area contributed by atoms with E-state index < -0.39 is 11.7 Å². The molecule has 0 saturated carbocycles. The minimum absolute atomic E-state index is 0.170. The third-order valence-electron chi connectivity index (χ3n) is 5.20. The maximum atomic E-state index is 12.5. The standard InChI is InChI=1S/C21H30N2O5/c1-21(2,3)28-20(25)23-16-8-9-17(23)11-14(10-16)13-27-19(24)22-15-6-5-7-18(12-15)26-4/h5-7,12,14,16-17H,8-11,13H2,1-4H3,(H,22,24). The van der Waals surface area contributed by atoms with Gasteiger partial charge in [0.15, 0.2) is 0 Å². The Kier molecular flexibility index (Phi) is 6.01. The van der Waals surface area contributed by atoms with Gasteiger partial charge in [-0.25, -0.2) is 9.59 Å². The van der Waals surface area contributed by atoms with Crippen LogP contribution < -0.4 is 10.1 Å². The molecule has 2 fully saturated rings. The second-order valence-electron chi connectivity index (χ2n) is 8.57. The van der Waals surface area contributed by atoms with Gasteiger partial charge in [-0.15, -0.1) is 0 Å². The Labute approximate surface area is 166 Å². The number of anilines is 1. The molecule has 2 saturated heterocycles. The number of benzene rings is 1. The van der Waals surface area contributed by atoms with E-state index in [1.165, 1.54) is 0 Å². The third-order valence-corrected chi connectivity index (χ3v) is 5.20. The van der Waals surface area contributed by atoms with Gasteiger partial charge in [0.2, 0.25) is 0 Å². The average molecular weight is 390 g/mol. The number of rotatable bonds is 4. The molecule has 3 rings (SSSR count). The van der Waals surface area contributed by atoms with Gasteiger partial charge in [0.25, 0.3) is 0 Å². The number of hydrogen-bond donors (Lipinski definition) is 1. The van der Waals surface area contributed by atoms with Crippen LogP contribution in [0.1, 0.15) is 46.5 Å². The second kappa shape index (κ2) is 8.29. The van der Waals surface area contributed by atoms with Crippen LogP contribution in [0.25, 0.3) is 0 Å². The van der Waals surface area contributed by atoms with Crippen LogP contribution in [0.4, 0.5) is 15.3 Å². The van der Waals surface area contributed by atoms with Crippen LogP contribution in [-0.4, -0.2) is 48.5 Å². The number of nitrogens with one attached hydrogen (secondary N) is 1. The molecule has 0 radical (unpaired) electrons. The maximum Gasteiger partial charge on any atom is 0.411 e. The summed E-state index contributed by atoms with van der Waals surface area (Å²) < 4.78 is 16.1. The van der Waals surface area contributed by atoms with Crippen molar-refractivity contribution in [3.8, 4) is 5.75 Å². The fourth-order valence-electron chi connectivity index (χ4n) is 4.09. The maximum absolute atomic E-state index is 12.5. The van der Waals surface area contributed by atoms with E-state index in [4.69, 9.17) is 14.2 Å². The largest absolute Gasteiger partial charge is 0.497 e. The van der Waals surface area contributed by atoms with E-state index in [9.17, 15) is 9.59 Å². The van der Waals surface area contributed by atoms with Crippen LogP contribution >= 0.6 is 0 Å². The summed E-state index contributed by atoms with van der Waals surface area (Å²) in [5.74, 6) is 0.927. The van der Waals surface area contributed by atoms with E-state index in [2.05, 4.69) is 5.32 Å². The highest BCUT2D eigenvalue weighted by molar-refractivity contribution is 5.84. The predicted molar refractivity (Wildman–Crippen MR) is 106 cm³/mol. The lowest BCUT2D eigenvalue weighted by Gasteiger charge is -2.39. The van der Waals surface area contributed by atoms with E-state index in [0.717, 1.165) is 25.7 Å². The summed E-state index contributed by atoms with van der Waals surface area (Å²) in [7, 11) is 1.58. The monoisotopic (exact) mass is 390 g/mol. The van der Waals surface area contributed by atoms with Gasteiger partial charge in [-0.2, -0.15) is 0 Å². The Morgan fingerprint density at radius 1 is 1.18 bits per heavy atom. The van der Waals surface area contributed by atoms with Gasteiger partial charge in [-0.1, -0.05) is 6.07 Å². The van der Waals surface area contributed by atoms with Gasteiger partial charge in [0.05, 0.1) is 13.7 Å². The normalized spacial score (nSPS) is 23.9. The second-order valence-corrected chi connectivity index (χ2v) is 8.57. The van der Waals surface area contributed by atoms with Gasteiger partial charge < -0.3 is 19.1 Å². The summed E-state index contributed by atoms with van der Waals surface area (Å²) in [6.07, 6.45) is 2.93. The molecule has 2 unspecified atom stereocenters. The highest BCUT2D eigenvalue weighted by Crippen LogP contribution is 2.39. The molecule has 2 amide bonds. The van der Waals surface area contributed by atoms with Crippen molar-refractivity contribution in [1.82, 2.24) is 4.90 Å². The van der Waals surface area contributed by atoms with Crippen LogP contribution in [0, 0.1) is 5.92 Å². The molecule has 1 N–H and O–H groups in total. The molecule has 0 aromatic heterocycles. The van der Waals surface area contributed by atoms with Crippen molar-refractivity contribution in [3.05, 3.63) is 24.3 Å². The molecule has 2 bridgehead atoms. The lowest BCUT2D eigenvalue weighted by molar-refractivity contribution is -0.00262. The van der Waals surface area contributed by atoms with Gasteiger partial charge in [-0.05, 0) is 64.5 Å². The molecule has 1 aromatic rings. The summed E-state index contributed by atoms with van der Waals surface area (Å²) in [5.41, 5.74) is 0.137. The zero-order valence-electron chi connectivity index (χ0n) is 17.1. The van der Waals surface area contributed by atoms with Crippen molar-refractivity contribution in [3.63, 3.8) is 0 Å². The Morgan fingerprint density at radius 3 is 2.46 bits per heavy atom. The molecule has 7 nitrogen and oxygen atoms in total. The molecule has 0 spiro atoms. The highest BCUT2D eigenvalue weighted by atomic mass is 16.6. The first-order chi connectivity index (χ1) is 13.2. The molecule has 7 heteroatoms. The number of piperidine rings is 1. The van der Waals surface area contributed by atoms with E-state index in [0.29, 0.717) is 18.0 Å². The van der Waals surface area contributed by atoms with Gasteiger partial charge >= 0.3 is 12.2 Å². The summed E-state index contributed by atoms with van der Waals surface area (Å²) in [6, 6.07) is 7.47. The number of carbonyl (C=O) groups excluding carboxylic acids is 2. The zero-order valence-corrected chi connectivity index (χ0v) is 17.1. The number of fused-ring (bicyclic) bond motifs is 2. The average Bonchev–Trinajstić information content (AvgIpc) is 2.89. The molecule has 2 aliphatic heterocycles. The first-order valence-corrected chi connectivity index (χ1v) is 9.84. The smallest absolute Gasteiger partial charge is 0.411 e. The van der Waals surface area contributed by atoms with Crippen LogP contribution in [0.3, 0.4) is 0 Å². The van der Waals surface area contributed by atoms with E-state index in [1.54, 1.807) is 25.3 Å². The van der Waals surface area contributed by atoms with Crippen molar-refractivity contribution in [1.29, 1.82) is 0 Å². The van der Waals surface area contributed by atoms with Crippen molar-refractivity contribution < 1.29 is 23.8 Å². The van der Waals surface area contributed by atoms with Crippen LogP contribution in [0.2, 0.25) is 0 Å². The minimum Gasteiger partial charge on any atom is -0.497 e. The highest BCUT2D eigenvalue weighted by Gasteiger charge is 2.45. The summed E-state index contributed by atoms with van der Waals surface area (Å²) in [5, 5.41) is 2.72. The topological polar surface area (TPSA) is 77.1 Å². The fourth-order valence-corrected chi connectivity index (χ4v) is 4.09. The lowest BCUT2D eigenvalue weighted by Crippen LogP contribution is -2.49. The van der Waals surface area contributed by atoms with Crippen molar-refractivity contribution in [2.75, 3.05) is 19.0 Å². The predicted octanol–water partition coefficient (Wildman–Crippen LogP) is 4.42. The van der Waals surface area contributed by atoms with Crippen molar-refractivity contribution in [2.45, 2.75) is 64.1 Å². The third kappa shape index (κ3) is 5.09. The summed E-state index contributed by atoms with van der Waals surface area (Å²) in [4.78, 5) is 26.5. The van der Waals surface area contributed by atoms with Crippen LogP contribution in [-0.2, 0) is 9.47 Å². The number of ether oxygens (including phenoxy) is 3. The number of hydrogen-bond acceptors (Lipinski definition) is 5. The molecule has 2 aliphatic rings. The summed E-state index contributed by atoms with van der Waals surface area (Å²) in [6.45, 7) is 6.00. The van der Waals surface area contributed by atoms with E-state index in [-0.39, 0.29) is 24.1 Å². The lowest BCUT2D eigenvalue weighted by atomic mass is 9.92. The number of nitrogens with zero attached hydrogens (tertiary/aromatic N) is 1. The van der Waals surface area contributed by atoms with Crippen molar-refractivity contribution in [2.24, 2.45) is 5.92 Å². The zero-order chi connectivity index (χ0) is 20.3. The van der Waals surface area contributed by atoms with Crippen LogP contribution in [0.15, 0.2) is 24.3 Å². The molecule has 1 aromatic carbocycles. The minimum atomic E-state index is -0.491. The van der Waals surface area contributed by atoms with Gasteiger partial charge in [-0.3, -0.25) is 5.32 Å². The molecule has 2 heterocycles. The Balaban J connectivity index is 1.48. The number of amides is 2. The first-order valence-electron chi connectivity index (χ1n) is 9.84. The van der Waals surface area contributed by atoms with E-state index in [1.807, 2.05) is 31.7 Å². The molecular formula is C21H30N2O5. The Hall–Kier alpha value is -2.44. The first kappa shape index (κ1) is 20.3. The number of carbonyl (C=O) groups is 2. The van der Waals surface area contributed by atoms with E-state index >= 15 is 0 Å². The van der Waals surface area contributed by atoms with Gasteiger partial charge in [0, 0.05) is 23.8 Å². The fraction of sp³-hybridized carbons (Fsp3) is 0.619.